The van der Waals surface area contributed by atoms with Crippen LogP contribution >= 0.6 is 0 Å². The molecular weight excluding hydrogens is 317 g/mol. The topological polar surface area (TPSA) is 98.2 Å². The number of hydrogen-bond acceptors (Lipinski definition) is 6. The number of hydrogen-bond donors (Lipinski definition) is 1. The lowest BCUT2D eigenvalue weighted by Crippen LogP contribution is -2.16. The van der Waals surface area contributed by atoms with Crippen molar-refractivity contribution in [3.8, 4) is 0 Å². The Labute approximate surface area is 136 Å². The van der Waals surface area contributed by atoms with E-state index in [1.165, 1.54) is 31.5 Å². The molecular formula is C16H14FN3O4. The molecule has 2 rings (SSSR count). The molecule has 1 N–H and O–H groups in total. The van der Waals surface area contributed by atoms with Crippen LogP contribution in [-0.2, 0) is 9.53 Å². The van der Waals surface area contributed by atoms with Crippen molar-refractivity contribution >= 4 is 23.3 Å². The zero-order valence-electron chi connectivity index (χ0n) is 13.0. The molecule has 7 nitrogen and oxygen atoms in total. The molecule has 0 aliphatic heterocycles. The van der Waals surface area contributed by atoms with Crippen LogP contribution in [0.4, 0.5) is 10.1 Å². The van der Waals surface area contributed by atoms with E-state index in [0.717, 1.165) is 6.07 Å². The maximum atomic E-state index is 13.9. The quantitative estimate of drug-likeness (QED) is 0.664. The summed E-state index contributed by atoms with van der Waals surface area (Å²) in [6.07, 6.45) is 2.61. The third-order valence-electron chi connectivity index (χ3n) is 2.91. The number of aryl methyl sites for hydroxylation is 1. The van der Waals surface area contributed by atoms with Gasteiger partial charge >= 0.3 is 5.97 Å². The number of carbonyl (C=O) groups excluding carboxylic acids is 3. The van der Waals surface area contributed by atoms with Gasteiger partial charge in [0.15, 0.2) is 12.3 Å². The zero-order valence-corrected chi connectivity index (χ0v) is 13.0. The second-order valence-electron chi connectivity index (χ2n) is 4.92. The molecule has 8 heteroatoms. The molecule has 0 bridgehead atoms. The summed E-state index contributed by atoms with van der Waals surface area (Å²) in [7, 11) is 0. The summed E-state index contributed by atoms with van der Waals surface area (Å²) in [5.74, 6) is -2.72. The number of esters is 1. The van der Waals surface area contributed by atoms with Gasteiger partial charge in [0, 0.05) is 18.8 Å². The number of carbonyl (C=O) groups is 3. The molecule has 2 aromatic rings. The standard InChI is InChI=1S/C16H14FN3O4/c1-9-6-19-14(7-18-9)16(23)24-8-15(22)12-4-3-11(5-13(12)17)20-10(2)21/h3-7H,8H2,1-2H3,(H,20,21). The largest absolute Gasteiger partial charge is 0.453 e. The molecule has 0 unspecified atom stereocenters. The van der Waals surface area contributed by atoms with Crippen molar-refractivity contribution < 1.29 is 23.5 Å². The zero-order chi connectivity index (χ0) is 17.7. The highest BCUT2D eigenvalue weighted by Gasteiger charge is 2.16. The Balaban J connectivity index is 2.00. The van der Waals surface area contributed by atoms with E-state index in [9.17, 15) is 18.8 Å². The van der Waals surface area contributed by atoms with Crippen LogP contribution in [0.1, 0.15) is 33.5 Å². The number of nitrogens with zero attached hydrogens (tertiary/aromatic N) is 2. The fraction of sp³-hybridized carbons (Fsp3) is 0.188. The van der Waals surface area contributed by atoms with Crippen molar-refractivity contribution in [2.24, 2.45) is 0 Å². The highest BCUT2D eigenvalue weighted by Crippen LogP contribution is 2.15. The van der Waals surface area contributed by atoms with Gasteiger partial charge in [-0.1, -0.05) is 0 Å². The van der Waals surface area contributed by atoms with E-state index in [1.807, 2.05) is 0 Å². The SMILES string of the molecule is CC(=O)Nc1ccc(C(=O)COC(=O)c2cnc(C)cn2)c(F)c1. The molecule has 24 heavy (non-hydrogen) atoms. The lowest BCUT2D eigenvalue weighted by molar-refractivity contribution is -0.114. The molecule has 0 atom stereocenters. The maximum absolute atomic E-state index is 13.9. The molecule has 0 saturated heterocycles. The van der Waals surface area contributed by atoms with E-state index in [-0.39, 0.29) is 22.9 Å². The number of anilines is 1. The molecule has 1 aromatic heterocycles. The van der Waals surface area contributed by atoms with Gasteiger partial charge in [0.25, 0.3) is 0 Å². The lowest BCUT2D eigenvalue weighted by Gasteiger charge is -2.07. The van der Waals surface area contributed by atoms with Gasteiger partial charge in [-0.15, -0.1) is 0 Å². The molecule has 0 saturated carbocycles. The fourth-order valence-electron chi connectivity index (χ4n) is 1.80. The van der Waals surface area contributed by atoms with Gasteiger partial charge in [-0.2, -0.15) is 0 Å². The van der Waals surface area contributed by atoms with Crippen LogP contribution in [0.25, 0.3) is 0 Å². The van der Waals surface area contributed by atoms with Gasteiger partial charge in [0.2, 0.25) is 11.7 Å². The third-order valence-corrected chi connectivity index (χ3v) is 2.91. The summed E-state index contributed by atoms with van der Waals surface area (Å²) >= 11 is 0. The van der Waals surface area contributed by atoms with E-state index in [4.69, 9.17) is 4.74 Å². The van der Waals surface area contributed by atoms with Crippen LogP contribution in [0.5, 0.6) is 0 Å². The van der Waals surface area contributed by atoms with Crippen molar-refractivity contribution in [2.45, 2.75) is 13.8 Å². The van der Waals surface area contributed by atoms with E-state index < -0.39 is 24.2 Å². The van der Waals surface area contributed by atoms with Gasteiger partial charge in [-0.3, -0.25) is 14.6 Å². The number of benzene rings is 1. The molecule has 124 valence electrons. The van der Waals surface area contributed by atoms with Crippen molar-refractivity contribution in [2.75, 3.05) is 11.9 Å². The predicted octanol–water partition coefficient (Wildman–Crippen LogP) is 1.92. The number of amides is 1. The number of Topliss-reactive ketones (excluding diaryl/α,β-unsaturated/α-hetero) is 1. The van der Waals surface area contributed by atoms with Crippen LogP contribution in [0.15, 0.2) is 30.6 Å². The summed E-state index contributed by atoms with van der Waals surface area (Å²) in [6.45, 7) is 2.36. The van der Waals surface area contributed by atoms with Gasteiger partial charge in [-0.05, 0) is 25.1 Å². The average Bonchev–Trinajstić information content (AvgIpc) is 2.52. The van der Waals surface area contributed by atoms with Crippen LogP contribution in [0.2, 0.25) is 0 Å². The number of ketones is 1. The third kappa shape index (κ3) is 4.42. The summed E-state index contributed by atoms with van der Waals surface area (Å²) in [6, 6.07) is 3.61. The molecule has 0 fully saturated rings. The van der Waals surface area contributed by atoms with E-state index >= 15 is 0 Å². The first-order chi connectivity index (χ1) is 11.4. The number of aromatic nitrogens is 2. The maximum Gasteiger partial charge on any atom is 0.358 e. The fourth-order valence-corrected chi connectivity index (χ4v) is 1.80. The van der Waals surface area contributed by atoms with Crippen LogP contribution in [0.3, 0.4) is 0 Å². The Morgan fingerprint density at radius 3 is 2.54 bits per heavy atom. The second kappa shape index (κ2) is 7.40. The minimum absolute atomic E-state index is 0.0464. The molecule has 1 amide bonds. The summed E-state index contributed by atoms with van der Waals surface area (Å²) < 4.78 is 18.7. The number of halogens is 1. The summed E-state index contributed by atoms with van der Waals surface area (Å²) in [5, 5.41) is 2.40. The van der Waals surface area contributed by atoms with Crippen molar-refractivity contribution in [3.05, 3.63) is 53.4 Å². The van der Waals surface area contributed by atoms with Crippen LogP contribution in [0, 0.1) is 12.7 Å². The number of nitrogens with one attached hydrogen (secondary N) is 1. The molecule has 0 aliphatic carbocycles. The van der Waals surface area contributed by atoms with E-state index in [0.29, 0.717) is 5.69 Å². The smallest absolute Gasteiger partial charge is 0.358 e. The van der Waals surface area contributed by atoms with Crippen molar-refractivity contribution in [1.29, 1.82) is 0 Å². The van der Waals surface area contributed by atoms with E-state index in [1.54, 1.807) is 6.92 Å². The van der Waals surface area contributed by atoms with E-state index in [2.05, 4.69) is 15.3 Å². The molecule has 1 heterocycles. The van der Waals surface area contributed by atoms with Crippen molar-refractivity contribution in [1.82, 2.24) is 9.97 Å². The predicted molar refractivity (Wildman–Crippen MR) is 82.1 cm³/mol. The number of ether oxygens (including phenoxy) is 1. The van der Waals surface area contributed by atoms with Crippen LogP contribution < -0.4 is 5.32 Å². The first kappa shape index (κ1) is 17.2. The molecule has 0 radical (unpaired) electrons. The lowest BCUT2D eigenvalue weighted by atomic mass is 10.1. The van der Waals surface area contributed by atoms with Crippen molar-refractivity contribution in [3.63, 3.8) is 0 Å². The summed E-state index contributed by atoms with van der Waals surface area (Å²) in [5.41, 5.74) is 0.564. The normalized spacial score (nSPS) is 10.1. The Hall–Kier alpha value is -3.16. The van der Waals surface area contributed by atoms with Gasteiger partial charge < -0.3 is 10.1 Å². The second-order valence-corrected chi connectivity index (χ2v) is 4.92. The minimum atomic E-state index is -0.828. The molecule has 0 aliphatic rings. The average molecular weight is 331 g/mol. The Kier molecular flexibility index (Phi) is 5.31. The van der Waals surface area contributed by atoms with Gasteiger partial charge in [0.1, 0.15) is 5.82 Å². The highest BCUT2D eigenvalue weighted by molar-refractivity contribution is 5.99. The number of rotatable bonds is 5. The van der Waals surface area contributed by atoms with Gasteiger partial charge in [-0.25, -0.2) is 14.2 Å². The first-order valence-electron chi connectivity index (χ1n) is 6.93. The minimum Gasteiger partial charge on any atom is -0.453 e. The summed E-state index contributed by atoms with van der Waals surface area (Å²) in [4.78, 5) is 42.3. The molecule has 1 aromatic carbocycles. The Morgan fingerprint density at radius 1 is 1.21 bits per heavy atom. The van der Waals surface area contributed by atoms with Gasteiger partial charge in [0.05, 0.1) is 17.5 Å². The Morgan fingerprint density at radius 2 is 1.96 bits per heavy atom. The van der Waals surface area contributed by atoms with Crippen LogP contribution in [-0.4, -0.2) is 34.2 Å². The molecule has 0 spiro atoms. The first-order valence-corrected chi connectivity index (χ1v) is 6.93. The Bertz CT molecular complexity index is 790. The monoisotopic (exact) mass is 331 g/mol. The highest BCUT2D eigenvalue weighted by atomic mass is 19.1.